The number of aromatic nitrogens is 2. The van der Waals surface area contributed by atoms with Crippen molar-refractivity contribution >= 4 is 11.9 Å². The molecule has 1 aliphatic carbocycles. The Morgan fingerprint density at radius 2 is 2.21 bits per heavy atom. The van der Waals surface area contributed by atoms with Crippen molar-refractivity contribution in [3.63, 3.8) is 0 Å². The van der Waals surface area contributed by atoms with E-state index in [2.05, 4.69) is 15.3 Å². The molecule has 0 spiro atoms. The minimum atomic E-state index is -0.687. The van der Waals surface area contributed by atoms with E-state index in [1.54, 1.807) is 12.3 Å². The number of carboxylic acid groups (broad SMARTS) is 1. The van der Waals surface area contributed by atoms with Gasteiger partial charge in [0.15, 0.2) is 0 Å². The second-order valence-corrected chi connectivity index (χ2v) is 4.68. The second-order valence-electron chi connectivity index (χ2n) is 4.68. The van der Waals surface area contributed by atoms with Gasteiger partial charge in [0.2, 0.25) is 11.8 Å². The first-order chi connectivity index (χ1) is 9.19. The van der Waals surface area contributed by atoms with Crippen LogP contribution in [0.3, 0.4) is 0 Å². The van der Waals surface area contributed by atoms with Gasteiger partial charge >= 0.3 is 5.97 Å². The quantitative estimate of drug-likeness (QED) is 0.846. The van der Waals surface area contributed by atoms with Crippen molar-refractivity contribution < 1.29 is 14.6 Å². The van der Waals surface area contributed by atoms with E-state index in [-0.39, 0.29) is 12.0 Å². The highest BCUT2D eigenvalue weighted by molar-refractivity contribution is 5.70. The van der Waals surface area contributed by atoms with Crippen LogP contribution < -0.4 is 10.1 Å². The Kier molecular flexibility index (Phi) is 4.54. The lowest BCUT2D eigenvalue weighted by molar-refractivity contribution is -0.142. The first-order valence-electron chi connectivity index (χ1n) is 6.64. The molecule has 19 heavy (non-hydrogen) atoms. The van der Waals surface area contributed by atoms with Crippen LogP contribution in [-0.2, 0) is 4.79 Å². The van der Waals surface area contributed by atoms with Crippen molar-refractivity contribution in [2.24, 2.45) is 5.92 Å². The van der Waals surface area contributed by atoms with E-state index < -0.39 is 5.97 Å². The zero-order valence-electron chi connectivity index (χ0n) is 11.0. The Bertz CT molecular complexity index is 431. The topological polar surface area (TPSA) is 84.3 Å². The fourth-order valence-corrected chi connectivity index (χ4v) is 2.31. The molecule has 1 fully saturated rings. The number of rotatable bonds is 5. The van der Waals surface area contributed by atoms with Gasteiger partial charge in [-0.3, -0.25) is 4.79 Å². The number of nitrogens with zero attached hydrogens (tertiary/aromatic N) is 2. The molecule has 0 bridgehead atoms. The summed E-state index contributed by atoms with van der Waals surface area (Å²) in [6.07, 6.45) is 4.73. The van der Waals surface area contributed by atoms with Gasteiger partial charge in [0.1, 0.15) is 0 Å². The van der Waals surface area contributed by atoms with Crippen LogP contribution in [0.25, 0.3) is 0 Å². The molecule has 6 nitrogen and oxygen atoms in total. The van der Waals surface area contributed by atoms with E-state index >= 15 is 0 Å². The standard InChI is InChI=1S/C13H19N3O3/c1-2-19-11-7-8-14-13(16-11)15-10-5-3-9(4-6-10)12(17)18/h7-10H,2-6H2,1H3,(H,17,18)(H,14,15,16). The Labute approximate surface area is 112 Å². The van der Waals surface area contributed by atoms with E-state index in [4.69, 9.17) is 9.84 Å². The molecule has 0 radical (unpaired) electrons. The predicted octanol–water partition coefficient (Wildman–Crippen LogP) is 1.93. The molecule has 1 aromatic rings. The Morgan fingerprint density at radius 1 is 1.47 bits per heavy atom. The van der Waals surface area contributed by atoms with Crippen LogP contribution in [0.4, 0.5) is 5.95 Å². The lowest BCUT2D eigenvalue weighted by atomic mass is 9.86. The van der Waals surface area contributed by atoms with Crippen LogP contribution in [0.5, 0.6) is 5.88 Å². The maximum Gasteiger partial charge on any atom is 0.306 e. The minimum absolute atomic E-state index is 0.200. The third-order valence-electron chi connectivity index (χ3n) is 3.33. The van der Waals surface area contributed by atoms with Crippen molar-refractivity contribution in [1.29, 1.82) is 0 Å². The van der Waals surface area contributed by atoms with Crippen molar-refractivity contribution in [2.75, 3.05) is 11.9 Å². The first-order valence-corrected chi connectivity index (χ1v) is 6.64. The predicted molar refractivity (Wildman–Crippen MR) is 70.2 cm³/mol. The summed E-state index contributed by atoms with van der Waals surface area (Å²) >= 11 is 0. The molecule has 1 aliphatic rings. The average Bonchev–Trinajstić information content (AvgIpc) is 2.40. The molecule has 2 N–H and O–H groups in total. The van der Waals surface area contributed by atoms with Crippen LogP contribution in [0.2, 0.25) is 0 Å². The van der Waals surface area contributed by atoms with Crippen LogP contribution in [0.1, 0.15) is 32.6 Å². The van der Waals surface area contributed by atoms with Crippen LogP contribution in [0.15, 0.2) is 12.3 Å². The zero-order valence-corrected chi connectivity index (χ0v) is 11.0. The number of carboxylic acids is 1. The van der Waals surface area contributed by atoms with Gasteiger partial charge in [-0.05, 0) is 32.6 Å². The molecule has 0 saturated heterocycles. The summed E-state index contributed by atoms with van der Waals surface area (Å²) in [4.78, 5) is 19.3. The minimum Gasteiger partial charge on any atom is -0.481 e. The molecule has 0 atom stereocenters. The Balaban J connectivity index is 1.88. The Morgan fingerprint density at radius 3 is 2.84 bits per heavy atom. The molecule has 0 aromatic carbocycles. The number of hydrogen-bond acceptors (Lipinski definition) is 5. The maximum absolute atomic E-state index is 10.9. The van der Waals surface area contributed by atoms with Gasteiger partial charge < -0.3 is 15.2 Å². The average molecular weight is 265 g/mol. The van der Waals surface area contributed by atoms with Crippen molar-refractivity contribution in [3.8, 4) is 5.88 Å². The van der Waals surface area contributed by atoms with Gasteiger partial charge in [-0.2, -0.15) is 4.98 Å². The fraction of sp³-hybridized carbons (Fsp3) is 0.615. The lowest BCUT2D eigenvalue weighted by Crippen LogP contribution is -2.29. The van der Waals surface area contributed by atoms with Crippen molar-refractivity contribution in [3.05, 3.63) is 12.3 Å². The molecule has 6 heteroatoms. The van der Waals surface area contributed by atoms with Gasteiger partial charge in [0.25, 0.3) is 0 Å². The van der Waals surface area contributed by atoms with Gasteiger partial charge in [0, 0.05) is 18.3 Å². The summed E-state index contributed by atoms with van der Waals surface area (Å²) in [5.74, 6) is 0.214. The summed E-state index contributed by atoms with van der Waals surface area (Å²) in [5.41, 5.74) is 0. The zero-order chi connectivity index (χ0) is 13.7. The number of aliphatic carboxylic acids is 1. The van der Waals surface area contributed by atoms with Crippen molar-refractivity contribution in [2.45, 2.75) is 38.6 Å². The molecule has 0 amide bonds. The summed E-state index contributed by atoms with van der Waals surface area (Å²) in [7, 11) is 0. The number of ether oxygens (including phenoxy) is 1. The summed E-state index contributed by atoms with van der Waals surface area (Å²) in [5, 5.41) is 12.2. The van der Waals surface area contributed by atoms with E-state index in [1.807, 2.05) is 6.92 Å². The highest BCUT2D eigenvalue weighted by Gasteiger charge is 2.26. The molecule has 104 valence electrons. The van der Waals surface area contributed by atoms with Crippen LogP contribution >= 0.6 is 0 Å². The van der Waals surface area contributed by atoms with E-state index in [9.17, 15) is 4.79 Å². The molecule has 1 saturated carbocycles. The third-order valence-corrected chi connectivity index (χ3v) is 3.33. The number of carbonyl (C=O) groups is 1. The maximum atomic E-state index is 10.9. The second kappa shape index (κ2) is 6.36. The van der Waals surface area contributed by atoms with E-state index in [1.165, 1.54) is 0 Å². The molecule has 1 heterocycles. The first kappa shape index (κ1) is 13.6. The van der Waals surface area contributed by atoms with E-state index in [0.29, 0.717) is 31.3 Å². The molecular weight excluding hydrogens is 246 g/mol. The Hall–Kier alpha value is -1.85. The lowest BCUT2D eigenvalue weighted by Gasteiger charge is -2.26. The van der Waals surface area contributed by atoms with Crippen LogP contribution in [0, 0.1) is 5.92 Å². The molecular formula is C13H19N3O3. The molecule has 0 aliphatic heterocycles. The summed E-state index contributed by atoms with van der Waals surface area (Å²) < 4.78 is 5.32. The van der Waals surface area contributed by atoms with Gasteiger partial charge in [-0.15, -0.1) is 0 Å². The van der Waals surface area contributed by atoms with Crippen LogP contribution in [-0.4, -0.2) is 33.7 Å². The highest BCUT2D eigenvalue weighted by atomic mass is 16.5. The smallest absolute Gasteiger partial charge is 0.306 e. The highest BCUT2D eigenvalue weighted by Crippen LogP contribution is 2.26. The normalized spacial score (nSPS) is 22.8. The number of nitrogens with one attached hydrogen (secondary N) is 1. The van der Waals surface area contributed by atoms with Crippen molar-refractivity contribution in [1.82, 2.24) is 9.97 Å². The van der Waals surface area contributed by atoms with E-state index in [0.717, 1.165) is 12.8 Å². The molecule has 0 unspecified atom stereocenters. The van der Waals surface area contributed by atoms with Gasteiger partial charge in [-0.1, -0.05) is 0 Å². The SMILES string of the molecule is CCOc1ccnc(NC2CCC(C(=O)O)CC2)n1. The number of hydrogen-bond donors (Lipinski definition) is 2. The summed E-state index contributed by atoms with van der Waals surface area (Å²) in [6.45, 7) is 2.47. The van der Waals surface area contributed by atoms with Gasteiger partial charge in [-0.25, -0.2) is 4.98 Å². The van der Waals surface area contributed by atoms with Gasteiger partial charge in [0.05, 0.1) is 12.5 Å². The molecule has 1 aromatic heterocycles. The monoisotopic (exact) mass is 265 g/mol. The largest absolute Gasteiger partial charge is 0.481 e. The fourth-order valence-electron chi connectivity index (χ4n) is 2.31. The number of anilines is 1. The molecule has 2 rings (SSSR count). The third kappa shape index (κ3) is 3.81. The summed E-state index contributed by atoms with van der Waals surface area (Å²) in [6, 6.07) is 1.96.